The van der Waals surface area contributed by atoms with Gasteiger partial charge >= 0.3 is 0 Å². The van der Waals surface area contributed by atoms with E-state index in [9.17, 15) is 4.79 Å². The Morgan fingerprint density at radius 1 is 1.35 bits per heavy atom. The van der Waals surface area contributed by atoms with E-state index in [1.165, 1.54) is 0 Å². The molecular weight excluding hydrogens is 318 g/mol. The van der Waals surface area contributed by atoms with E-state index in [-0.39, 0.29) is 5.57 Å². The molecule has 20 heavy (non-hydrogen) atoms. The zero-order valence-corrected chi connectivity index (χ0v) is 12.4. The van der Waals surface area contributed by atoms with Crippen LogP contribution in [0.5, 0.6) is 0 Å². The minimum absolute atomic E-state index is 0.0646. The van der Waals surface area contributed by atoms with Gasteiger partial charge in [0.15, 0.2) is 0 Å². The molecular formula is C15H12BrN3O. The topological polar surface area (TPSA) is 57.8 Å². The molecule has 4 nitrogen and oxygen atoms in total. The second-order valence-electron chi connectivity index (χ2n) is 4.17. The van der Waals surface area contributed by atoms with Gasteiger partial charge in [-0.25, -0.2) is 0 Å². The lowest BCUT2D eigenvalue weighted by Gasteiger charge is -2.04. The number of anilines is 1. The van der Waals surface area contributed by atoms with Crippen LogP contribution in [-0.4, -0.2) is 10.5 Å². The molecule has 1 heterocycles. The molecule has 2 aromatic rings. The van der Waals surface area contributed by atoms with Crippen molar-refractivity contribution in [2.45, 2.75) is 0 Å². The number of rotatable bonds is 3. The lowest BCUT2D eigenvalue weighted by Crippen LogP contribution is -2.13. The van der Waals surface area contributed by atoms with Gasteiger partial charge in [0, 0.05) is 29.1 Å². The van der Waals surface area contributed by atoms with Crippen molar-refractivity contribution in [2.75, 3.05) is 5.32 Å². The molecule has 0 aliphatic heterocycles. The number of aryl methyl sites for hydroxylation is 1. The van der Waals surface area contributed by atoms with Gasteiger partial charge < -0.3 is 9.88 Å². The van der Waals surface area contributed by atoms with Crippen LogP contribution in [0.1, 0.15) is 5.69 Å². The second-order valence-corrected chi connectivity index (χ2v) is 5.09. The van der Waals surface area contributed by atoms with E-state index in [1.54, 1.807) is 18.2 Å². The predicted molar refractivity (Wildman–Crippen MR) is 81.8 cm³/mol. The standard InChI is InChI=1S/C15H12BrN3O/c1-19-8-2-3-14(19)9-11(10-17)15(20)18-13-6-4-12(16)5-7-13/h2-9H,1H3,(H,18,20)/b11-9-. The maximum absolute atomic E-state index is 12.0. The van der Waals surface area contributed by atoms with Gasteiger partial charge in [-0.05, 0) is 42.5 Å². The van der Waals surface area contributed by atoms with E-state index in [2.05, 4.69) is 21.2 Å². The number of benzene rings is 1. The van der Waals surface area contributed by atoms with Gasteiger partial charge in [0.2, 0.25) is 0 Å². The third-order valence-corrected chi connectivity index (χ3v) is 3.27. The highest BCUT2D eigenvalue weighted by Crippen LogP contribution is 2.15. The summed E-state index contributed by atoms with van der Waals surface area (Å²) in [6.45, 7) is 0. The number of nitrogens with one attached hydrogen (secondary N) is 1. The molecule has 5 heteroatoms. The minimum atomic E-state index is -0.420. The number of halogens is 1. The number of hydrogen-bond donors (Lipinski definition) is 1. The lowest BCUT2D eigenvalue weighted by atomic mass is 10.2. The fourth-order valence-corrected chi connectivity index (χ4v) is 1.92. The van der Waals surface area contributed by atoms with E-state index < -0.39 is 5.91 Å². The molecule has 1 N–H and O–H groups in total. The van der Waals surface area contributed by atoms with Crippen LogP contribution in [0, 0.1) is 11.3 Å². The third-order valence-electron chi connectivity index (χ3n) is 2.74. The van der Waals surface area contributed by atoms with Crippen molar-refractivity contribution in [2.24, 2.45) is 7.05 Å². The first kappa shape index (κ1) is 14.1. The number of carbonyl (C=O) groups excluding carboxylic acids is 1. The molecule has 0 aliphatic rings. The summed E-state index contributed by atoms with van der Waals surface area (Å²) in [6.07, 6.45) is 3.42. The van der Waals surface area contributed by atoms with Crippen molar-refractivity contribution in [3.8, 4) is 6.07 Å². The minimum Gasteiger partial charge on any atom is -0.351 e. The highest BCUT2D eigenvalue weighted by atomic mass is 79.9. The van der Waals surface area contributed by atoms with E-state index in [0.29, 0.717) is 5.69 Å². The molecule has 0 atom stereocenters. The normalized spacial score (nSPS) is 10.9. The molecule has 1 amide bonds. The van der Waals surface area contributed by atoms with Gasteiger partial charge in [0.1, 0.15) is 11.6 Å². The van der Waals surface area contributed by atoms with Crippen LogP contribution >= 0.6 is 15.9 Å². The SMILES string of the molecule is Cn1cccc1/C=C(/C#N)C(=O)Nc1ccc(Br)cc1. The first-order chi connectivity index (χ1) is 9.60. The fraction of sp³-hybridized carbons (Fsp3) is 0.0667. The number of aromatic nitrogens is 1. The van der Waals surface area contributed by atoms with Crippen molar-refractivity contribution in [3.63, 3.8) is 0 Å². The molecule has 0 saturated heterocycles. The molecule has 0 radical (unpaired) electrons. The molecule has 0 aliphatic carbocycles. The van der Waals surface area contributed by atoms with Gasteiger partial charge in [-0.2, -0.15) is 5.26 Å². The Morgan fingerprint density at radius 3 is 2.60 bits per heavy atom. The Balaban J connectivity index is 2.18. The van der Waals surface area contributed by atoms with Gasteiger partial charge in [0.05, 0.1) is 0 Å². The third kappa shape index (κ3) is 3.37. The van der Waals surface area contributed by atoms with E-state index >= 15 is 0 Å². The number of carbonyl (C=O) groups is 1. The number of hydrogen-bond acceptors (Lipinski definition) is 2. The highest BCUT2D eigenvalue weighted by molar-refractivity contribution is 9.10. The molecule has 0 fully saturated rings. The summed E-state index contributed by atoms with van der Waals surface area (Å²) >= 11 is 3.32. The smallest absolute Gasteiger partial charge is 0.266 e. The molecule has 0 bridgehead atoms. The molecule has 1 aromatic heterocycles. The van der Waals surface area contributed by atoms with Crippen LogP contribution in [0.2, 0.25) is 0 Å². The maximum atomic E-state index is 12.0. The van der Waals surface area contributed by atoms with Crippen LogP contribution in [-0.2, 0) is 11.8 Å². The summed E-state index contributed by atoms with van der Waals surface area (Å²) in [5.74, 6) is -0.420. The van der Waals surface area contributed by atoms with Gasteiger partial charge in [0.25, 0.3) is 5.91 Å². The number of nitriles is 1. The monoisotopic (exact) mass is 329 g/mol. The molecule has 0 saturated carbocycles. The van der Waals surface area contributed by atoms with Crippen LogP contribution in [0.25, 0.3) is 6.08 Å². The summed E-state index contributed by atoms with van der Waals surface area (Å²) in [7, 11) is 1.85. The van der Waals surface area contributed by atoms with Crippen LogP contribution in [0.4, 0.5) is 5.69 Å². The average molecular weight is 330 g/mol. The van der Waals surface area contributed by atoms with E-state index in [4.69, 9.17) is 5.26 Å². The maximum Gasteiger partial charge on any atom is 0.266 e. The molecule has 1 aromatic carbocycles. The van der Waals surface area contributed by atoms with Crippen LogP contribution < -0.4 is 5.32 Å². The summed E-state index contributed by atoms with van der Waals surface area (Å²) < 4.78 is 2.76. The highest BCUT2D eigenvalue weighted by Gasteiger charge is 2.10. The first-order valence-corrected chi connectivity index (χ1v) is 6.69. The van der Waals surface area contributed by atoms with Gasteiger partial charge in [-0.15, -0.1) is 0 Å². The van der Waals surface area contributed by atoms with E-state index in [0.717, 1.165) is 10.2 Å². The number of amides is 1. The summed E-state index contributed by atoms with van der Waals surface area (Å²) in [6, 6.07) is 12.8. The summed E-state index contributed by atoms with van der Waals surface area (Å²) in [5, 5.41) is 11.8. The zero-order valence-electron chi connectivity index (χ0n) is 10.8. The molecule has 2 rings (SSSR count). The summed E-state index contributed by atoms with van der Waals surface area (Å²) in [5.41, 5.74) is 1.51. The fourth-order valence-electron chi connectivity index (χ4n) is 1.65. The Hall–Kier alpha value is -2.32. The van der Waals surface area contributed by atoms with Crippen molar-refractivity contribution < 1.29 is 4.79 Å². The van der Waals surface area contributed by atoms with Crippen molar-refractivity contribution in [1.82, 2.24) is 4.57 Å². The van der Waals surface area contributed by atoms with E-state index in [1.807, 2.05) is 48.1 Å². The van der Waals surface area contributed by atoms with Gasteiger partial charge in [-0.3, -0.25) is 4.79 Å². The Kier molecular flexibility index (Phi) is 4.38. The van der Waals surface area contributed by atoms with Crippen LogP contribution in [0.15, 0.2) is 52.6 Å². The van der Waals surface area contributed by atoms with Crippen molar-refractivity contribution in [3.05, 3.63) is 58.3 Å². The Morgan fingerprint density at radius 2 is 2.05 bits per heavy atom. The van der Waals surface area contributed by atoms with Crippen molar-refractivity contribution in [1.29, 1.82) is 5.26 Å². The Bertz CT molecular complexity index is 693. The summed E-state index contributed by atoms with van der Waals surface area (Å²) in [4.78, 5) is 12.0. The predicted octanol–water partition coefficient (Wildman–Crippen LogP) is 3.33. The van der Waals surface area contributed by atoms with Crippen LogP contribution in [0.3, 0.4) is 0 Å². The lowest BCUT2D eigenvalue weighted by molar-refractivity contribution is -0.112. The average Bonchev–Trinajstić information content (AvgIpc) is 2.84. The molecule has 0 spiro atoms. The molecule has 100 valence electrons. The largest absolute Gasteiger partial charge is 0.351 e. The first-order valence-electron chi connectivity index (χ1n) is 5.90. The Labute approximate surface area is 125 Å². The second kappa shape index (κ2) is 6.22. The molecule has 0 unspecified atom stereocenters. The number of nitrogens with zero attached hydrogens (tertiary/aromatic N) is 2. The zero-order chi connectivity index (χ0) is 14.5. The quantitative estimate of drug-likeness (QED) is 0.693. The van der Waals surface area contributed by atoms with Crippen molar-refractivity contribution >= 4 is 33.6 Å². The van der Waals surface area contributed by atoms with Gasteiger partial charge in [-0.1, -0.05) is 15.9 Å².